The van der Waals surface area contributed by atoms with Crippen LogP contribution in [0.15, 0.2) is 0 Å². The molecular weight excluding hydrogens is 224 g/mol. The normalized spacial score (nSPS) is 17.1. The minimum Gasteiger partial charge on any atom is -0.465 e. The van der Waals surface area contributed by atoms with Crippen LogP contribution in [0.25, 0.3) is 0 Å². The molecule has 0 spiro atoms. The van der Waals surface area contributed by atoms with E-state index in [2.05, 4.69) is 0 Å². The Morgan fingerprint density at radius 2 is 1.88 bits per heavy atom. The van der Waals surface area contributed by atoms with Crippen LogP contribution in [0.5, 0.6) is 0 Å². The van der Waals surface area contributed by atoms with Gasteiger partial charge in [0.2, 0.25) is 0 Å². The number of carbonyl (C=O) groups excluding carboxylic acids is 2. The first kappa shape index (κ1) is 14.1. The predicted octanol–water partition coefficient (Wildman–Crippen LogP) is 1.30. The van der Waals surface area contributed by atoms with Crippen molar-refractivity contribution in [1.82, 2.24) is 0 Å². The average molecular weight is 244 g/mol. The van der Waals surface area contributed by atoms with Gasteiger partial charge in [-0.25, -0.2) is 0 Å². The molecule has 0 N–H and O–H groups in total. The van der Waals surface area contributed by atoms with Gasteiger partial charge < -0.3 is 14.2 Å². The number of carbonyl (C=O) groups is 2. The van der Waals surface area contributed by atoms with Crippen molar-refractivity contribution in [1.29, 1.82) is 0 Å². The second-order valence-corrected chi connectivity index (χ2v) is 4.48. The minimum absolute atomic E-state index is 0.143. The Hall–Kier alpha value is -0.940. The Balaban J connectivity index is 2.41. The summed E-state index contributed by atoms with van der Waals surface area (Å²) in [5.41, 5.74) is -1.09. The molecule has 0 saturated carbocycles. The zero-order valence-corrected chi connectivity index (χ0v) is 10.7. The maximum Gasteiger partial charge on any atom is 0.319 e. The van der Waals surface area contributed by atoms with Crippen molar-refractivity contribution in [3.63, 3.8) is 0 Å². The molecule has 0 aromatic carbocycles. The molecule has 0 radical (unpaired) electrons. The van der Waals surface area contributed by atoms with Crippen molar-refractivity contribution in [2.24, 2.45) is 5.41 Å². The molecule has 98 valence electrons. The lowest BCUT2D eigenvalue weighted by Crippen LogP contribution is -2.35. The third kappa shape index (κ3) is 3.78. The number of Topliss-reactive ketones (excluding diaryl/α,β-unsaturated/α-hetero) is 1. The summed E-state index contributed by atoms with van der Waals surface area (Å²) in [6.07, 6.45) is 0.440. The van der Waals surface area contributed by atoms with E-state index in [0.29, 0.717) is 19.6 Å². The van der Waals surface area contributed by atoms with Gasteiger partial charge in [-0.15, -0.1) is 0 Å². The van der Waals surface area contributed by atoms with Crippen molar-refractivity contribution in [2.45, 2.75) is 39.9 Å². The monoisotopic (exact) mass is 244 g/mol. The third-order valence-electron chi connectivity index (χ3n) is 2.78. The van der Waals surface area contributed by atoms with Crippen LogP contribution in [-0.2, 0) is 23.8 Å². The quantitative estimate of drug-likeness (QED) is 0.520. The number of hydrogen-bond donors (Lipinski definition) is 0. The standard InChI is InChI=1S/C12H20O5/c1-4-15-11(14)12(2,3)9(13)5-6-10-16-7-8-17-10/h10H,4-8H2,1-3H3. The summed E-state index contributed by atoms with van der Waals surface area (Å²) in [4.78, 5) is 23.5. The summed E-state index contributed by atoms with van der Waals surface area (Å²) < 4.78 is 15.3. The lowest BCUT2D eigenvalue weighted by atomic mass is 9.86. The van der Waals surface area contributed by atoms with Crippen molar-refractivity contribution >= 4 is 11.8 Å². The molecule has 1 aliphatic heterocycles. The minimum atomic E-state index is -1.09. The molecule has 1 heterocycles. The SMILES string of the molecule is CCOC(=O)C(C)(C)C(=O)CCC1OCCO1. The highest BCUT2D eigenvalue weighted by Gasteiger charge is 2.37. The molecule has 0 amide bonds. The van der Waals surface area contributed by atoms with E-state index in [0.717, 1.165) is 0 Å². The van der Waals surface area contributed by atoms with Gasteiger partial charge in [-0.2, -0.15) is 0 Å². The third-order valence-corrected chi connectivity index (χ3v) is 2.78. The zero-order chi connectivity index (χ0) is 12.9. The Labute approximate surface area is 101 Å². The molecule has 0 atom stereocenters. The first-order valence-corrected chi connectivity index (χ1v) is 5.92. The van der Waals surface area contributed by atoms with E-state index in [1.54, 1.807) is 20.8 Å². The predicted molar refractivity (Wildman–Crippen MR) is 60.3 cm³/mol. The van der Waals surface area contributed by atoms with Crippen molar-refractivity contribution in [3.05, 3.63) is 0 Å². The maximum atomic E-state index is 11.9. The number of ketones is 1. The summed E-state index contributed by atoms with van der Waals surface area (Å²) in [5.74, 6) is -0.617. The highest BCUT2D eigenvalue weighted by atomic mass is 16.7. The molecule has 1 fully saturated rings. The Morgan fingerprint density at radius 1 is 1.29 bits per heavy atom. The van der Waals surface area contributed by atoms with Crippen molar-refractivity contribution in [3.8, 4) is 0 Å². The molecule has 5 heteroatoms. The average Bonchev–Trinajstić information content (AvgIpc) is 2.78. The second kappa shape index (κ2) is 6.12. The molecular formula is C12H20O5. The van der Waals surface area contributed by atoms with Gasteiger partial charge in [0.1, 0.15) is 11.2 Å². The van der Waals surface area contributed by atoms with Crippen molar-refractivity contribution < 1.29 is 23.8 Å². The highest BCUT2D eigenvalue weighted by molar-refractivity contribution is 6.02. The summed E-state index contributed by atoms with van der Waals surface area (Å²) in [5, 5.41) is 0. The fourth-order valence-electron chi connectivity index (χ4n) is 1.56. The summed E-state index contributed by atoms with van der Waals surface area (Å²) in [6, 6.07) is 0. The molecule has 0 aromatic heterocycles. The number of hydrogen-bond acceptors (Lipinski definition) is 5. The van der Waals surface area contributed by atoms with Gasteiger partial charge in [-0.3, -0.25) is 9.59 Å². The molecule has 0 bridgehead atoms. The number of rotatable bonds is 6. The van der Waals surface area contributed by atoms with E-state index < -0.39 is 11.4 Å². The van der Waals surface area contributed by atoms with E-state index >= 15 is 0 Å². The topological polar surface area (TPSA) is 61.8 Å². The fraction of sp³-hybridized carbons (Fsp3) is 0.833. The molecule has 0 aliphatic carbocycles. The first-order chi connectivity index (χ1) is 7.98. The van der Waals surface area contributed by atoms with E-state index in [-0.39, 0.29) is 25.1 Å². The van der Waals surface area contributed by atoms with Crippen LogP contribution in [0.4, 0.5) is 0 Å². The van der Waals surface area contributed by atoms with Gasteiger partial charge in [0, 0.05) is 12.8 Å². The summed E-state index contributed by atoms with van der Waals surface area (Å²) >= 11 is 0. The molecule has 1 aliphatic rings. The van der Waals surface area contributed by atoms with Crippen LogP contribution in [0.2, 0.25) is 0 Å². The van der Waals surface area contributed by atoms with Crippen molar-refractivity contribution in [2.75, 3.05) is 19.8 Å². The molecule has 1 rings (SSSR count). The lowest BCUT2D eigenvalue weighted by molar-refractivity contribution is -0.158. The highest BCUT2D eigenvalue weighted by Crippen LogP contribution is 2.23. The number of ether oxygens (including phenoxy) is 3. The van der Waals surface area contributed by atoms with E-state index in [4.69, 9.17) is 14.2 Å². The molecule has 5 nitrogen and oxygen atoms in total. The van der Waals surface area contributed by atoms with E-state index in [1.165, 1.54) is 0 Å². The van der Waals surface area contributed by atoms with Gasteiger partial charge in [-0.05, 0) is 20.8 Å². The Kier molecular flexibility index (Phi) is 5.08. The van der Waals surface area contributed by atoms with Crippen LogP contribution in [0, 0.1) is 5.41 Å². The Morgan fingerprint density at radius 3 is 2.41 bits per heavy atom. The molecule has 17 heavy (non-hydrogen) atoms. The summed E-state index contributed by atoms with van der Waals surface area (Å²) in [7, 11) is 0. The largest absolute Gasteiger partial charge is 0.465 e. The smallest absolute Gasteiger partial charge is 0.319 e. The van der Waals surface area contributed by atoms with Gasteiger partial charge in [0.25, 0.3) is 0 Å². The first-order valence-electron chi connectivity index (χ1n) is 5.92. The van der Waals surface area contributed by atoms with Gasteiger partial charge in [0.05, 0.1) is 19.8 Å². The van der Waals surface area contributed by atoms with Crippen LogP contribution >= 0.6 is 0 Å². The lowest BCUT2D eigenvalue weighted by Gasteiger charge is -2.21. The van der Waals surface area contributed by atoms with E-state index in [9.17, 15) is 9.59 Å². The van der Waals surface area contributed by atoms with Gasteiger partial charge >= 0.3 is 5.97 Å². The summed E-state index contributed by atoms with van der Waals surface area (Å²) in [6.45, 7) is 6.32. The van der Waals surface area contributed by atoms with Crippen LogP contribution in [0.1, 0.15) is 33.6 Å². The van der Waals surface area contributed by atoms with E-state index in [1.807, 2.05) is 0 Å². The zero-order valence-electron chi connectivity index (χ0n) is 10.7. The maximum absolute atomic E-state index is 11.9. The molecule has 1 saturated heterocycles. The van der Waals surface area contributed by atoms with Crippen LogP contribution in [0.3, 0.4) is 0 Å². The molecule has 0 unspecified atom stereocenters. The molecule has 0 aromatic rings. The van der Waals surface area contributed by atoms with Crippen LogP contribution < -0.4 is 0 Å². The van der Waals surface area contributed by atoms with Gasteiger partial charge in [-0.1, -0.05) is 0 Å². The second-order valence-electron chi connectivity index (χ2n) is 4.48. The fourth-order valence-corrected chi connectivity index (χ4v) is 1.56. The number of esters is 1. The van der Waals surface area contributed by atoms with Crippen LogP contribution in [-0.4, -0.2) is 37.9 Å². The Bertz CT molecular complexity index is 279. The van der Waals surface area contributed by atoms with Gasteiger partial charge in [0.15, 0.2) is 6.29 Å².